The molecule has 3 heterocycles. The van der Waals surface area contributed by atoms with E-state index in [9.17, 15) is 0 Å². The summed E-state index contributed by atoms with van der Waals surface area (Å²) < 4.78 is 0. The van der Waals surface area contributed by atoms with Crippen LogP contribution in [-0.2, 0) is 0 Å². The molecule has 4 aliphatic rings. The third kappa shape index (κ3) is 2.04. The van der Waals surface area contributed by atoms with Crippen molar-refractivity contribution in [1.82, 2.24) is 9.80 Å². The van der Waals surface area contributed by atoms with Crippen molar-refractivity contribution in [1.29, 1.82) is 0 Å². The van der Waals surface area contributed by atoms with Crippen LogP contribution in [0.1, 0.15) is 30.7 Å². The summed E-state index contributed by atoms with van der Waals surface area (Å²) in [6.45, 7) is 2.29. The molecule has 3 nitrogen and oxygen atoms in total. The summed E-state index contributed by atoms with van der Waals surface area (Å²) in [4.78, 5) is 7.49. The lowest BCUT2D eigenvalue weighted by atomic mass is 9.67. The number of halogens is 1. The number of piperidine rings is 1. The second kappa shape index (κ2) is 5.64. The fourth-order valence-electron chi connectivity index (χ4n) is 5.61. The van der Waals surface area contributed by atoms with Gasteiger partial charge in [-0.15, -0.1) is 0 Å². The standard InChI is InChI=1S/C22H26ClN3/c1-24-12-10-22(11-13-24)20-16-6-4-5-7-18(16)25(2)21(20)17-9-8-15(23)14-19(17)26(22)3/h4-8,14,20H,9-13H2,1-3H3. The van der Waals surface area contributed by atoms with E-state index < -0.39 is 0 Å². The highest BCUT2D eigenvalue weighted by Gasteiger charge is 2.55. The van der Waals surface area contributed by atoms with Gasteiger partial charge in [0.25, 0.3) is 0 Å². The molecule has 0 amide bonds. The fraction of sp³-hybridized carbons (Fsp3) is 0.455. The molecule has 1 unspecified atom stereocenters. The topological polar surface area (TPSA) is 9.72 Å². The van der Waals surface area contributed by atoms with E-state index >= 15 is 0 Å². The number of anilines is 1. The molecule has 1 aromatic rings. The van der Waals surface area contributed by atoms with E-state index in [-0.39, 0.29) is 5.54 Å². The Bertz CT molecular complexity index is 858. The normalized spacial score (nSPS) is 27.2. The maximum absolute atomic E-state index is 6.43. The lowest BCUT2D eigenvalue weighted by molar-refractivity contribution is 0.0518. The smallest absolute Gasteiger partial charge is 0.0547 e. The number of likely N-dealkylation sites (tertiary alicyclic amines) is 1. The molecule has 3 aliphatic heterocycles. The highest BCUT2D eigenvalue weighted by molar-refractivity contribution is 6.31. The summed E-state index contributed by atoms with van der Waals surface area (Å²) in [5, 5.41) is 0.871. The van der Waals surface area contributed by atoms with E-state index in [1.54, 1.807) is 0 Å². The molecule has 1 saturated heterocycles. The minimum Gasteiger partial charge on any atom is -0.367 e. The predicted molar refractivity (Wildman–Crippen MR) is 108 cm³/mol. The Labute approximate surface area is 161 Å². The number of nitrogens with zero attached hydrogens (tertiary/aromatic N) is 3. The summed E-state index contributed by atoms with van der Waals surface area (Å²) in [6.07, 6.45) is 7.63. The number of benzene rings is 1. The van der Waals surface area contributed by atoms with Crippen molar-refractivity contribution in [3.05, 3.63) is 64.0 Å². The predicted octanol–water partition coefficient (Wildman–Crippen LogP) is 4.29. The zero-order valence-electron chi connectivity index (χ0n) is 15.8. The summed E-state index contributed by atoms with van der Waals surface area (Å²) in [5.74, 6) is 0.444. The second-order valence-electron chi connectivity index (χ2n) is 8.20. The van der Waals surface area contributed by atoms with Crippen LogP contribution in [-0.4, -0.2) is 49.6 Å². The number of allylic oxidation sites excluding steroid dienone is 4. The number of para-hydroxylation sites is 1. The number of fused-ring (bicyclic) bond motifs is 5. The van der Waals surface area contributed by atoms with Crippen LogP contribution in [0.4, 0.5) is 5.69 Å². The largest absolute Gasteiger partial charge is 0.367 e. The molecule has 1 aromatic carbocycles. The quantitative estimate of drug-likeness (QED) is 0.677. The van der Waals surface area contributed by atoms with Crippen molar-refractivity contribution in [2.45, 2.75) is 30.7 Å². The lowest BCUT2D eigenvalue weighted by Crippen LogP contribution is -2.59. The number of rotatable bonds is 0. The van der Waals surface area contributed by atoms with Gasteiger partial charge in [-0.3, -0.25) is 0 Å². The Balaban J connectivity index is 1.77. The average molecular weight is 368 g/mol. The SMILES string of the molecule is CN1CCC2(CC1)C1C(=C3CC=C(Cl)C=C3N2C)N(C)c2ccccc21. The van der Waals surface area contributed by atoms with Gasteiger partial charge in [0.1, 0.15) is 0 Å². The molecule has 1 fully saturated rings. The maximum atomic E-state index is 6.43. The molecule has 1 aliphatic carbocycles. The van der Waals surface area contributed by atoms with Crippen LogP contribution in [0.5, 0.6) is 0 Å². The molecular formula is C22H26ClN3. The molecule has 4 heteroatoms. The van der Waals surface area contributed by atoms with Gasteiger partial charge in [0.15, 0.2) is 0 Å². The van der Waals surface area contributed by atoms with Crippen LogP contribution in [0.3, 0.4) is 0 Å². The van der Waals surface area contributed by atoms with Crippen molar-refractivity contribution in [3.8, 4) is 0 Å². The Morgan fingerprint density at radius 2 is 1.81 bits per heavy atom. The molecule has 136 valence electrons. The average Bonchev–Trinajstić information content (AvgIpc) is 2.95. The van der Waals surface area contributed by atoms with E-state index in [0.717, 1.165) is 24.5 Å². The second-order valence-corrected chi connectivity index (χ2v) is 8.64. The third-order valence-electron chi connectivity index (χ3n) is 7.06. The van der Waals surface area contributed by atoms with Crippen molar-refractivity contribution in [2.75, 3.05) is 39.1 Å². The van der Waals surface area contributed by atoms with Crippen molar-refractivity contribution < 1.29 is 0 Å². The summed E-state index contributed by atoms with van der Waals surface area (Å²) in [5.41, 5.74) is 7.27. The van der Waals surface area contributed by atoms with Crippen LogP contribution in [0.25, 0.3) is 0 Å². The van der Waals surface area contributed by atoms with E-state index in [1.165, 1.54) is 41.1 Å². The number of hydrogen-bond donors (Lipinski definition) is 0. The first-order chi connectivity index (χ1) is 12.5. The number of hydrogen-bond acceptors (Lipinski definition) is 3. The highest BCUT2D eigenvalue weighted by Crippen LogP contribution is 2.59. The lowest BCUT2D eigenvalue weighted by Gasteiger charge is -2.56. The summed E-state index contributed by atoms with van der Waals surface area (Å²) in [7, 11) is 6.78. The first kappa shape index (κ1) is 16.5. The monoisotopic (exact) mass is 367 g/mol. The minimum atomic E-state index is 0.131. The van der Waals surface area contributed by atoms with Gasteiger partial charge in [-0.2, -0.15) is 0 Å². The van der Waals surface area contributed by atoms with Crippen molar-refractivity contribution >= 4 is 17.3 Å². The van der Waals surface area contributed by atoms with E-state index in [4.69, 9.17) is 11.6 Å². The maximum Gasteiger partial charge on any atom is 0.0547 e. The summed E-state index contributed by atoms with van der Waals surface area (Å²) >= 11 is 6.43. The molecule has 0 N–H and O–H groups in total. The zero-order chi connectivity index (χ0) is 18.1. The highest BCUT2D eigenvalue weighted by atomic mass is 35.5. The van der Waals surface area contributed by atoms with Gasteiger partial charge in [0.05, 0.1) is 11.5 Å². The Hall–Kier alpha value is -1.71. The zero-order valence-corrected chi connectivity index (χ0v) is 16.6. The van der Waals surface area contributed by atoms with E-state index in [1.807, 2.05) is 0 Å². The Morgan fingerprint density at radius 3 is 2.58 bits per heavy atom. The van der Waals surface area contributed by atoms with Crippen LogP contribution in [0.15, 0.2) is 58.4 Å². The van der Waals surface area contributed by atoms with Gasteiger partial charge in [0.2, 0.25) is 0 Å². The van der Waals surface area contributed by atoms with Gasteiger partial charge in [-0.25, -0.2) is 0 Å². The Kier molecular flexibility index (Phi) is 3.57. The molecule has 1 atom stereocenters. The summed E-state index contributed by atoms with van der Waals surface area (Å²) in [6, 6.07) is 8.99. The van der Waals surface area contributed by atoms with Crippen molar-refractivity contribution in [2.24, 2.45) is 0 Å². The van der Waals surface area contributed by atoms with Gasteiger partial charge in [-0.05, 0) is 49.6 Å². The van der Waals surface area contributed by atoms with Crippen LogP contribution < -0.4 is 4.90 Å². The third-order valence-corrected chi connectivity index (χ3v) is 7.32. The van der Waals surface area contributed by atoms with Crippen LogP contribution >= 0.6 is 11.6 Å². The molecule has 1 spiro atoms. The van der Waals surface area contributed by atoms with Gasteiger partial charge in [0, 0.05) is 49.3 Å². The van der Waals surface area contributed by atoms with Gasteiger partial charge >= 0.3 is 0 Å². The first-order valence-corrected chi connectivity index (χ1v) is 9.96. The van der Waals surface area contributed by atoms with Crippen LogP contribution in [0.2, 0.25) is 0 Å². The molecule has 0 bridgehead atoms. The minimum absolute atomic E-state index is 0.131. The van der Waals surface area contributed by atoms with E-state index in [2.05, 4.69) is 72.3 Å². The number of likely N-dealkylation sites (N-methyl/N-ethyl adjacent to an activating group) is 2. The van der Waals surface area contributed by atoms with Gasteiger partial charge < -0.3 is 14.7 Å². The molecule has 5 rings (SSSR count). The van der Waals surface area contributed by atoms with E-state index in [0.29, 0.717) is 5.92 Å². The molecular weight excluding hydrogens is 342 g/mol. The fourth-order valence-corrected chi connectivity index (χ4v) is 5.79. The van der Waals surface area contributed by atoms with Crippen molar-refractivity contribution in [3.63, 3.8) is 0 Å². The molecule has 26 heavy (non-hydrogen) atoms. The van der Waals surface area contributed by atoms with Gasteiger partial charge in [-0.1, -0.05) is 35.9 Å². The molecule has 0 radical (unpaired) electrons. The molecule has 0 aromatic heterocycles. The molecule has 0 saturated carbocycles. The Morgan fingerprint density at radius 1 is 1.08 bits per heavy atom. The van der Waals surface area contributed by atoms with Crippen LogP contribution in [0, 0.1) is 0 Å². The first-order valence-electron chi connectivity index (χ1n) is 9.59.